The molecule has 0 fully saturated rings. The molecule has 6 amide bonds. The molecule has 19 nitrogen and oxygen atoms in total. The van der Waals surface area contributed by atoms with Crippen molar-refractivity contribution in [3.8, 4) is 11.1 Å². The first-order valence-electron chi connectivity index (χ1n) is 31.1. The lowest BCUT2D eigenvalue weighted by molar-refractivity contribution is -0.148. The van der Waals surface area contributed by atoms with Crippen LogP contribution < -0.4 is 21.7 Å². The van der Waals surface area contributed by atoms with Crippen LogP contribution >= 0.6 is 0 Å². The number of nitrogens with two attached hydrogens (primary N) is 1. The van der Waals surface area contributed by atoms with Gasteiger partial charge in [0.05, 0.1) is 37.5 Å². The number of amides is 6. The third-order valence-corrected chi connectivity index (χ3v) is 16.3. The maximum Gasteiger partial charge on any atom is 0.410 e. The number of benzene rings is 4. The zero-order valence-electron chi connectivity index (χ0n) is 55.6. The summed E-state index contributed by atoms with van der Waals surface area (Å²) in [5.41, 5.74) is 9.49. The Bertz CT molecular complexity index is 3180. The van der Waals surface area contributed by atoms with Gasteiger partial charge in [-0.1, -0.05) is 165 Å². The first kappa shape index (κ1) is 72.4. The van der Waals surface area contributed by atoms with Crippen molar-refractivity contribution in [3.63, 3.8) is 0 Å². The molecular formula is C71H96N6O13. The molecule has 0 spiro atoms. The van der Waals surface area contributed by atoms with Crippen molar-refractivity contribution >= 4 is 53.5 Å². The molecule has 90 heavy (non-hydrogen) atoms. The third-order valence-electron chi connectivity index (χ3n) is 16.3. The fourth-order valence-corrected chi connectivity index (χ4v) is 11.3. The van der Waals surface area contributed by atoms with Gasteiger partial charge in [-0.05, 0) is 109 Å². The van der Waals surface area contributed by atoms with Crippen molar-refractivity contribution in [1.29, 1.82) is 0 Å². The van der Waals surface area contributed by atoms with Crippen molar-refractivity contribution in [2.45, 2.75) is 177 Å². The van der Waals surface area contributed by atoms with Crippen LogP contribution in [0.25, 0.3) is 11.1 Å². The Morgan fingerprint density at radius 2 is 1.27 bits per heavy atom. The molecule has 4 aromatic carbocycles. The number of likely N-dealkylation sites (N-methyl/N-ethyl adjacent to an activating group) is 2. The zero-order chi connectivity index (χ0) is 67.0. The van der Waals surface area contributed by atoms with Crippen LogP contribution in [0.4, 0.5) is 9.59 Å². The van der Waals surface area contributed by atoms with Crippen molar-refractivity contribution in [3.05, 3.63) is 142 Å². The van der Waals surface area contributed by atoms with Crippen molar-refractivity contribution < 1.29 is 62.1 Å². The van der Waals surface area contributed by atoms with Gasteiger partial charge in [0.1, 0.15) is 30.9 Å². The van der Waals surface area contributed by atoms with Crippen LogP contribution in [0.15, 0.2) is 109 Å². The van der Waals surface area contributed by atoms with Crippen LogP contribution in [0, 0.1) is 23.2 Å². The highest BCUT2D eigenvalue weighted by molar-refractivity contribution is 5.94. The topological polar surface area (TPSA) is 259 Å². The fourth-order valence-electron chi connectivity index (χ4n) is 11.3. The number of esters is 3. The van der Waals surface area contributed by atoms with E-state index in [1.165, 1.54) is 16.8 Å². The molecule has 0 heterocycles. The number of hydrogen-bond donors (Lipinski definition) is 4. The van der Waals surface area contributed by atoms with E-state index in [0.29, 0.717) is 34.2 Å². The number of urea groups is 1. The first-order chi connectivity index (χ1) is 42.1. The summed E-state index contributed by atoms with van der Waals surface area (Å²) in [6.07, 6.45) is 1.04. The quantitative estimate of drug-likeness (QED) is 0.0171. The summed E-state index contributed by atoms with van der Waals surface area (Å²) >= 11 is 0. The molecule has 0 bridgehead atoms. The molecule has 19 heteroatoms. The molecule has 1 unspecified atom stereocenters. The Hall–Kier alpha value is -8.35. The molecule has 488 valence electrons. The van der Waals surface area contributed by atoms with Crippen LogP contribution in [-0.4, -0.2) is 127 Å². The number of fused-ring (bicyclic) bond motifs is 3. The summed E-state index contributed by atoms with van der Waals surface area (Å²) in [6, 6.07) is 25.5. The second-order valence-electron chi connectivity index (χ2n) is 26.7. The number of nitrogens with one attached hydrogen (secondary N) is 3. The Morgan fingerprint density at radius 3 is 1.82 bits per heavy atom. The molecule has 1 aliphatic carbocycles. The summed E-state index contributed by atoms with van der Waals surface area (Å²) in [5.74, 6) is -4.73. The minimum Gasteiger partial charge on any atom is -0.465 e. The van der Waals surface area contributed by atoms with Crippen LogP contribution in [0.1, 0.15) is 155 Å². The maximum absolute atomic E-state index is 15.0. The van der Waals surface area contributed by atoms with E-state index in [-0.39, 0.29) is 75.6 Å². The van der Waals surface area contributed by atoms with E-state index < -0.39 is 94.3 Å². The number of rotatable bonds is 29. The van der Waals surface area contributed by atoms with E-state index >= 15 is 4.79 Å². The normalized spacial score (nSPS) is 14.2. The predicted molar refractivity (Wildman–Crippen MR) is 345 cm³/mol. The maximum atomic E-state index is 15.0. The molecule has 0 saturated heterocycles. The lowest BCUT2D eigenvalue weighted by Crippen LogP contribution is -2.63. The summed E-state index contributed by atoms with van der Waals surface area (Å²) in [7, 11) is 3.10. The smallest absolute Gasteiger partial charge is 0.410 e. The minimum absolute atomic E-state index is 0.0571. The van der Waals surface area contributed by atoms with E-state index in [4.69, 9.17) is 24.7 Å². The van der Waals surface area contributed by atoms with Gasteiger partial charge in [0.15, 0.2) is 5.78 Å². The SMILES string of the molecule is CCOC(=O)/C(C)=C/[C@H](C(C)C)N(C)C(=O)[C@@H](NC(=O)C(N(C)C(=O)OC(C)(C)C)C(C)(C)c1cccc(CC(=O)OCc2ccc(CC(=O)[C@H](CCCNC(N)=O)NC(=O)[C@@H](CC(=O)OCC3c4ccccc4-c4ccccc43)C(C)C)cc2)c1)C(C)(C)C. The van der Waals surface area contributed by atoms with Gasteiger partial charge in [-0.3, -0.25) is 33.7 Å². The highest BCUT2D eigenvalue weighted by Gasteiger charge is 2.46. The first-order valence-corrected chi connectivity index (χ1v) is 31.1. The number of ether oxygens (including phenoxy) is 4. The van der Waals surface area contributed by atoms with Crippen LogP contribution in [0.2, 0.25) is 0 Å². The predicted octanol–water partition coefficient (Wildman–Crippen LogP) is 10.1. The summed E-state index contributed by atoms with van der Waals surface area (Å²) in [6.45, 7) is 25.5. The second kappa shape index (κ2) is 31.9. The number of Topliss-reactive ketones (excluding diaryl/α,β-unsaturated/α-hetero) is 1. The number of nitrogens with zero attached hydrogens (tertiary/aromatic N) is 2. The lowest BCUT2D eigenvalue weighted by Gasteiger charge is -2.42. The van der Waals surface area contributed by atoms with Gasteiger partial charge < -0.3 is 45.5 Å². The highest BCUT2D eigenvalue weighted by atomic mass is 16.6. The molecule has 0 aliphatic heterocycles. The van der Waals surface area contributed by atoms with Gasteiger partial charge in [-0.25, -0.2) is 14.4 Å². The molecular weight excluding hydrogens is 1140 g/mol. The van der Waals surface area contributed by atoms with Gasteiger partial charge in [-0.2, -0.15) is 0 Å². The Labute approximate surface area is 531 Å². The van der Waals surface area contributed by atoms with Crippen molar-refractivity contribution in [1.82, 2.24) is 25.8 Å². The van der Waals surface area contributed by atoms with Crippen LogP contribution in [0.5, 0.6) is 0 Å². The monoisotopic (exact) mass is 1240 g/mol. The summed E-state index contributed by atoms with van der Waals surface area (Å²) in [4.78, 5) is 125. The number of primary amides is 1. The number of carbonyl (C=O) groups is 9. The Morgan fingerprint density at radius 1 is 0.667 bits per heavy atom. The van der Waals surface area contributed by atoms with Crippen LogP contribution in [-0.2, 0) is 77.4 Å². The molecule has 5 rings (SSSR count). The molecule has 5 atom stereocenters. The standard InChI is InChI=1S/C71H96N6O13/c1-17-87-66(84)45(6)36-57(44(4)5)76(15)65(83)61(69(7,8)9)75-64(82)62(77(16)68(86)90-70(10,11)12)71(13,14)49-25-22-24-48(37-49)39-59(79)88-41-47-33-31-46(32-34-47)38-58(78)56(30-23-35-73-67(72)85)74-63(81)54(43(2)3)40-60(80)89-42-55-52-28-20-18-26-50(52)51-27-19-21-29-53(51)55/h18-22,24-29,31-34,36-37,43-44,54-57,61-62H,17,23,30,35,38-42H2,1-16H3,(H,74,81)(H,75,82)(H3,72,73,85)/b45-36+/t54-,56-,57+,61+,62?/m0/s1. The molecule has 0 aromatic heterocycles. The van der Waals surface area contributed by atoms with Gasteiger partial charge in [0.2, 0.25) is 17.7 Å². The Kier molecular flexibility index (Phi) is 25.7. The minimum atomic E-state index is -1.26. The fraction of sp³-hybridized carbons (Fsp3) is 0.507. The second-order valence-corrected chi connectivity index (χ2v) is 26.7. The van der Waals surface area contributed by atoms with E-state index in [2.05, 4.69) is 28.1 Å². The van der Waals surface area contributed by atoms with Crippen LogP contribution in [0.3, 0.4) is 0 Å². The van der Waals surface area contributed by atoms with E-state index in [1.807, 2.05) is 84.9 Å². The Balaban J connectivity index is 1.26. The van der Waals surface area contributed by atoms with Crippen molar-refractivity contribution in [2.75, 3.05) is 33.9 Å². The van der Waals surface area contributed by atoms with Gasteiger partial charge in [0.25, 0.3) is 0 Å². The summed E-state index contributed by atoms with van der Waals surface area (Å²) in [5, 5.41) is 8.45. The number of ketones is 1. The molecule has 4 aromatic rings. The number of carbonyl (C=O) groups excluding carboxylic acids is 9. The van der Waals surface area contributed by atoms with E-state index in [9.17, 15) is 38.4 Å². The zero-order valence-corrected chi connectivity index (χ0v) is 55.6. The molecule has 0 saturated carbocycles. The van der Waals surface area contributed by atoms with Crippen molar-refractivity contribution in [2.24, 2.45) is 28.9 Å². The van der Waals surface area contributed by atoms with Gasteiger partial charge >= 0.3 is 30.0 Å². The number of hydrogen-bond acceptors (Lipinski definition) is 13. The van der Waals surface area contributed by atoms with Gasteiger partial charge in [0, 0.05) is 44.0 Å². The molecule has 1 aliphatic rings. The van der Waals surface area contributed by atoms with E-state index in [1.54, 1.807) is 110 Å². The largest absolute Gasteiger partial charge is 0.465 e. The molecule has 0 radical (unpaired) electrons. The van der Waals surface area contributed by atoms with Gasteiger partial charge in [-0.15, -0.1) is 0 Å². The van der Waals surface area contributed by atoms with E-state index in [0.717, 1.165) is 22.3 Å². The molecule has 5 N–H and O–H groups in total. The average molecular weight is 1240 g/mol. The summed E-state index contributed by atoms with van der Waals surface area (Å²) < 4.78 is 22.6. The highest BCUT2D eigenvalue weighted by Crippen LogP contribution is 2.45. The third kappa shape index (κ3) is 20.1. The average Bonchev–Trinajstić information content (AvgIpc) is 1.48. The lowest BCUT2D eigenvalue weighted by atomic mass is 9.75.